The molecular formula is C13H16N2O2. The van der Waals surface area contributed by atoms with Gasteiger partial charge in [-0.05, 0) is 11.5 Å². The van der Waals surface area contributed by atoms with Gasteiger partial charge < -0.3 is 15.1 Å². The van der Waals surface area contributed by atoms with Crippen molar-refractivity contribution in [3.63, 3.8) is 0 Å². The van der Waals surface area contributed by atoms with E-state index in [2.05, 4.69) is 9.97 Å². The molecule has 90 valence electrons. The van der Waals surface area contributed by atoms with Crippen LogP contribution in [0.5, 0.6) is 0 Å². The van der Waals surface area contributed by atoms with Gasteiger partial charge in [-0.15, -0.1) is 0 Å². The number of aliphatic hydroxyl groups excluding tert-OH is 1. The van der Waals surface area contributed by atoms with Crippen LogP contribution in [-0.2, 0) is 0 Å². The summed E-state index contributed by atoms with van der Waals surface area (Å²) < 4.78 is 0. The highest BCUT2D eigenvalue weighted by atomic mass is 16.3. The molecule has 2 aromatic rings. The molecule has 1 unspecified atom stereocenters. The van der Waals surface area contributed by atoms with Crippen molar-refractivity contribution in [3.8, 4) is 0 Å². The average Bonchev–Trinajstić information content (AvgIpc) is 2.72. The van der Waals surface area contributed by atoms with Crippen LogP contribution in [0.15, 0.2) is 35.1 Å². The van der Waals surface area contributed by atoms with Gasteiger partial charge in [0.25, 0.3) is 0 Å². The molecule has 1 aromatic heterocycles. The number of H-pyrrole nitrogens is 2. The van der Waals surface area contributed by atoms with Gasteiger partial charge in [-0.1, -0.05) is 44.2 Å². The van der Waals surface area contributed by atoms with Crippen molar-refractivity contribution in [1.29, 1.82) is 0 Å². The predicted octanol–water partition coefficient (Wildman–Crippen LogP) is 1.91. The third-order valence-corrected chi connectivity index (χ3v) is 2.75. The Morgan fingerprint density at radius 2 is 1.65 bits per heavy atom. The van der Waals surface area contributed by atoms with Crippen molar-refractivity contribution in [2.75, 3.05) is 0 Å². The van der Waals surface area contributed by atoms with Crippen LogP contribution < -0.4 is 5.69 Å². The van der Waals surface area contributed by atoms with Crippen LogP contribution in [0.4, 0.5) is 0 Å². The maximum atomic E-state index is 11.3. The first kappa shape index (κ1) is 11.7. The number of aliphatic hydroxyl groups is 1. The Kier molecular flexibility index (Phi) is 3.15. The fourth-order valence-electron chi connectivity index (χ4n) is 1.88. The van der Waals surface area contributed by atoms with Crippen LogP contribution in [0.25, 0.3) is 0 Å². The maximum absolute atomic E-state index is 11.3. The van der Waals surface area contributed by atoms with Crippen molar-refractivity contribution in [2.24, 2.45) is 0 Å². The van der Waals surface area contributed by atoms with E-state index in [0.29, 0.717) is 5.69 Å². The van der Waals surface area contributed by atoms with E-state index in [1.54, 1.807) is 0 Å². The first-order valence-corrected chi connectivity index (χ1v) is 5.64. The molecule has 0 saturated heterocycles. The van der Waals surface area contributed by atoms with Crippen molar-refractivity contribution in [2.45, 2.75) is 25.9 Å². The summed E-state index contributed by atoms with van der Waals surface area (Å²) in [6.07, 6.45) is -0.799. The second kappa shape index (κ2) is 4.59. The Balaban J connectivity index is 2.44. The Hall–Kier alpha value is -1.81. The Morgan fingerprint density at radius 3 is 2.24 bits per heavy atom. The topological polar surface area (TPSA) is 68.9 Å². The van der Waals surface area contributed by atoms with Crippen molar-refractivity contribution < 1.29 is 5.11 Å². The zero-order valence-electron chi connectivity index (χ0n) is 9.90. The van der Waals surface area contributed by atoms with Crippen LogP contribution in [0.1, 0.15) is 42.8 Å². The van der Waals surface area contributed by atoms with Gasteiger partial charge >= 0.3 is 5.69 Å². The van der Waals surface area contributed by atoms with Crippen LogP contribution in [0.3, 0.4) is 0 Å². The second-order valence-corrected chi connectivity index (χ2v) is 4.37. The SMILES string of the molecule is CC(C)c1[nH]c(=O)[nH]c1C(O)c1ccccc1. The standard InChI is InChI=1S/C13H16N2O2/c1-8(2)10-11(15-13(17)14-10)12(16)9-6-4-3-5-7-9/h3-8,12,16H,1-2H3,(H2,14,15,17). The highest BCUT2D eigenvalue weighted by Gasteiger charge is 2.19. The third-order valence-electron chi connectivity index (χ3n) is 2.75. The molecule has 0 aliphatic rings. The lowest BCUT2D eigenvalue weighted by Crippen LogP contribution is -2.05. The predicted molar refractivity (Wildman–Crippen MR) is 66.0 cm³/mol. The number of nitrogens with one attached hydrogen (secondary N) is 2. The van der Waals surface area contributed by atoms with E-state index in [-0.39, 0.29) is 11.6 Å². The van der Waals surface area contributed by atoms with Crippen LogP contribution in [0.2, 0.25) is 0 Å². The summed E-state index contributed by atoms with van der Waals surface area (Å²) in [5, 5.41) is 10.2. The van der Waals surface area contributed by atoms with Crippen LogP contribution >= 0.6 is 0 Å². The Bertz CT molecular complexity index is 540. The van der Waals surface area contributed by atoms with Gasteiger partial charge in [-0.2, -0.15) is 0 Å². The summed E-state index contributed by atoms with van der Waals surface area (Å²) in [7, 11) is 0. The number of rotatable bonds is 3. The molecule has 17 heavy (non-hydrogen) atoms. The van der Waals surface area contributed by atoms with E-state index in [4.69, 9.17) is 0 Å². The minimum Gasteiger partial charge on any atom is -0.382 e. The molecule has 2 rings (SSSR count). The molecule has 0 spiro atoms. The lowest BCUT2D eigenvalue weighted by atomic mass is 10.0. The van der Waals surface area contributed by atoms with E-state index in [9.17, 15) is 9.90 Å². The first-order chi connectivity index (χ1) is 8.09. The molecule has 0 fully saturated rings. The summed E-state index contributed by atoms with van der Waals surface area (Å²) in [5.41, 5.74) is 1.80. The summed E-state index contributed by atoms with van der Waals surface area (Å²) >= 11 is 0. The van der Waals surface area contributed by atoms with Crippen molar-refractivity contribution in [1.82, 2.24) is 9.97 Å². The van der Waals surface area contributed by atoms with Crippen LogP contribution in [-0.4, -0.2) is 15.1 Å². The quantitative estimate of drug-likeness (QED) is 0.756. The van der Waals surface area contributed by atoms with Gasteiger partial charge in [0.15, 0.2) is 0 Å². The summed E-state index contributed by atoms with van der Waals surface area (Å²) in [5.74, 6) is 0.155. The molecule has 1 heterocycles. The fraction of sp³-hybridized carbons (Fsp3) is 0.308. The number of imidazole rings is 1. The van der Waals surface area contributed by atoms with E-state index in [1.807, 2.05) is 44.2 Å². The average molecular weight is 232 g/mol. The molecule has 3 N–H and O–H groups in total. The number of hydrogen-bond acceptors (Lipinski definition) is 2. The lowest BCUT2D eigenvalue weighted by Gasteiger charge is -2.13. The first-order valence-electron chi connectivity index (χ1n) is 5.64. The highest BCUT2D eigenvalue weighted by Crippen LogP contribution is 2.25. The largest absolute Gasteiger partial charge is 0.382 e. The fourth-order valence-corrected chi connectivity index (χ4v) is 1.88. The van der Waals surface area contributed by atoms with E-state index in [0.717, 1.165) is 11.3 Å². The number of benzene rings is 1. The van der Waals surface area contributed by atoms with E-state index >= 15 is 0 Å². The minimum atomic E-state index is -0.799. The lowest BCUT2D eigenvalue weighted by molar-refractivity contribution is 0.214. The molecule has 0 saturated carbocycles. The molecule has 1 aromatic carbocycles. The zero-order valence-corrected chi connectivity index (χ0v) is 9.90. The van der Waals surface area contributed by atoms with Gasteiger partial charge in [0, 0.05) is 5.69 Å². The van der Waals surface area contributed by atoms with Gasteiger partial charge in [-0.3, -0.25) is 0 Å². The molecule has 0 aliphatic heterocycles. The Labute approximate surface area is 99.3 Å². The minimum absolute atomic E-state index is 0.155. The van der Waals surface area contributed by atoms with Gasteiger partial charge in [-0.25, -0.2) is 4.79 Å². The zero-order chi connectivity index (χ0) is 12.4. The van der Waals surface area contributed by atoms with Crippen molar-refractivity contribution >= 4 is 0 Å². The normalized spacial score (nSPS) is 12.9. The Morgan fingerprint density at radius 1 is 1.06 bits per heavy atom. The summed E-state index contributed by atoms with van der Waals surface area (Å²) in [4.78, 5) is 16.7. The highest BCUT2D eigenvalue weighted by molar-refractivity contribution is 5.29. The van der Waals surface area contributed by atoms with Crippen LogP contribution in [0, 0.1) is 0 Å². The number of aromatic nitrogens is 2. The molecule has 4 nitrogen and oxygen atoms in total. The smallest absolute Gasteiger partial charge is 0.323 e. The molecule has 0 amide bonds. The molecule has 0 aliphatic carbocycles. The molecular weight excluding hydrogens is 216 g/mol. The third kappa shape index (κ3) is 2.31. The maximum Gasteiger partial charge on any atom is 0.323 e. The summed E-state index contributed by atoms with van der Waals surface area (Å²) in [6.45, 7) is 3.95. The monoisotopic (exact) mass is 232 g/mol. The van der Waals surface area contributed by atoms with E-state index in [1.165, 1.54) is 0 Å². The van der Waals surface area contributed by atoms with Gasteiger partial charge in [0.05, 0.1) is 5.69 Å². The number of aromatic amines is 2. The molecule has 1 atom stereocenters. The molecule has 0 radical (unpaired) electrons. The summed E-state index contributed by atoms with van der Waals surface area (Å²) in [6, 6.07) is 9.27. The molecule has 0 bridgehead atoms. The van der Waals surface area contributed by atoms with Gasteiger partial charge in [0.1, 0.15) is 6.10 Å². The van der Waals surface area contributed by atoms with Crippen molar-refractivity contribution in [3.05, 3.63) is 57.8 Å². The second-order valence-electron chi connectivity index (χ2n) is 4.37. The molecule has 4 heteroatoms. The number of hydrogen-bond donors (Lipinski definition) is 3. The van der Waals surface area contributed by atoms with E-state index < -0.39 is 6.10 Å². The van der Waals surface area contributed by atoms with Gasteiger partial charge in [0.2, 0.25) is 0 Å².